The molecule has 0 fully saturated rings. The van der Waals surface area contributed by atoms with Crippen LogP contribution in [0.2, 0.25) is 0 Å². The molecule has 2 aromatic heterocycles. The lowest BCUT2D eigenvalue weighted by Gasteiger charge is -2.19. The van der Waals surface area contributed by atoms with Gasteiger partial charge in [0.2, 0.25) is 0 Å². The second-order valence-corrected chi connectivity index (χ2v) is 6.80. The summed E-state index contributed by atoms with van der Waals surface area (Å²) in [6.45, 7) is -0.717. The van der Waals surface area contributed by atoms with Crippen molar-refractivity contribution < 1.29 is 33.4 Å². The highest BCUT2D eigenvalue weighted by Crippen LogP contribution is 2.26. The first-order chi connectivity index (χ1) is 15.3. The summed E-state index contributed by atoms with van der Waals surface area (Å²) in [5, 5.41) is 22.5. The second kappa shape index (κ2) is 9.52. The lowest BCUT2D eigenvalue weighted by molar-refractivity contribution is -0.142. The normalized spacial score (nSPS) is 11.9. The van der Waals surface area contributed by atoms with Gasteiger partial charge < -0.3 is 20.4 Å². The standard InChI is InChI=1S/C21H19F2N3O6/c1-32-21(30)15(10-27)25-18-13-3-2-8-24-19(13)26(31)20(29)17(18)16(28)7-5-11-4-6-12(22)9-14(11)23/h2-4,6,8-9,15,25,27,31H,5,7,10H2,1H3/t15-/m0/s1. The van der Waals surface area contributed by atoms with Crippen molar-refractivity contribution in [3.8, 4) is 0 Å². The molecule has 0 radical (unpaired) electrons. The van der Waals surface area contributed by atoms with Crippen molar-refractivity contribution >= 4 is 28.5 Å². The molecule has 3 rings (SSSR count). The topological polar surface area (TPSA) is 131 Å². The minimum atomic E-state index is -1.32. The van der Waals surface area contributed by atoms with Crippen LogP contribution in [-0.4, -0.2) is 51.5 Å². The Morgan fingerprint density at radius 3 is 2.69 bits per heavy atom. The van der Waals surface area contributed by atoms with Crippen molar-refractivity contribution in [1.29, 1.82) is 0 Å². The monoisotopic (exact) mass is 447 g/mol. The first kappa shape index (κ1) is 22.8. The molecular formula is C21H19F2N3O6. The van der Waals surface area contributed by atoms with E-state index in [-0.39, 0.29) is 39.9 Å². The van der Waals surface area contributed by atoms with Gasteiger partial charge in [-0.25, -0.2) is 18.6 Å². The van der Waals surface area contributed by atoms with Crippen LogP contribution >= 0.6 is 0 Å². The molecule has 0 unspecified atom stereocenters. The van der Waals surface area contributed by atoms with E-state index in [1.165, 1.54) is 24.4 Å². The number of hydrogen-bond acceptors (Lipinski definition) is 8. The van der Waals surface area contributed by atoms with Crippen molar-refractivity contribution in [2.75, 3.05) is 19.0 Å². The minimum absolute atomic E-state index is 0.0591. The van der Waals surface area contributed by atoms with Crippen LogP contribution in [0.3, 0.4) is 0 Å². The lowest BCUT2D eigenvalue weighted by atomic mass is 10.00. The number of Topliss-reactive ketones (excluding diaryl/α,β-unsaturated/α-hetero) is 1. The molecule has 1 atom stereocenters. The first-order valence-electron chi connectivity index (χ1n) is 9.43. The molecule has 1 aromatic carbocycles. The summed E-state index contributed by atoms with van der Waals surface area (Å²) in [4.78, 5) is 41.6. The van der Waals surface area contributed by atoms with E-state index < -0.39 is 47.2 Å². The number of aliphatic hydroxyl groups is 1. The number of nitrogens with one attached hydrogen (secondary N) is 1. The van der Waals surface area contributed by atoms with Gasteiger partial charge in [-0.15, -0.1) is 4.73 Å². The van der Waals surface area contributed by atoms with Gasteiger partial charge in [-0.3, -0.25) is 9.59 Å². The molecular weight excluding hydrogens is 428 g/mol. The van der Waals surface area contributed by atoms with Crippen LogP contribution < -0.4 is 10.9 Å². The zero-order valence-electron chi connectivity index (χ0n) is 16.8. The maximum atomic E-state index is 13.9. The van der Waals surface area contributed by atoms with Crippen LogP contribution in [0.1, 0.15) is 22.3 Å². The molecule has 0 amide bonds. The third-order valence-electron chi connectivity index (χ3n) is 4.82. The fraction of sp³-hybridized carbons (Fsp3) is 0.238. The molecule has 0 aliphatic heterocycles. The Balaban J connectivity index is 2.07. The molecule has 2 heterocycles. The Bertz CT molecular complexity index is 1240. The van der Waals surface area contributed by atoms with Crippen LogP contribution in [0.25, 0.3) is 11.0 Å². The summed E-state index contributed by atoms with van der Waals surface area (Å²) in [5.74, 6) is -3.25. The summed E-state index contributed by atoms with van der Waals surface area (Å²) in [5.41, 5.74) is -1.91. The molecule has 0 aliphatic carbocycles. The molecule has 3 N–H and O–H groups in total. The first-order valence-corrected chi connectivity index (χ1v) is 9.43. The zero-order chi connectivity index (χ0) is 23.4. The smallest absolute Gasteiger partial charge is 0.330 e. The Hall–Kier alpha value is -3.86. The summed E-state index contributed by atoms with van der Waals surface area (Å²) in [6, 6.07) is 4.51. The fourth-order valence-corrected chi connectivity index (χ4v) is 3.21. The third-order valence-corrected chi connectivity index (χ3v) is 4.82. The average molecular weight is 447 g/mol. The Morgan fingerprint density at radius 2 is 2.03 bits per heavy atom. The van der Waals surface area contributed by atoms with E-state index in [0.29, 0.717) is 6.07 Å². The molecule has 11 heteroatoms. The largest absolute Gasteiger partial charge is 0.467 e. The van der Waals surface area contributed by atoms with E-state index in [0.717, 1.165) is 13.2 Å². The number of pyridine rings is 2. The highest BCUT2D eigenvalue weighted by molar-refractivity contribution is 6.08. The van der Waals surface area contributed by atoms with Crippen molar-refractivity contribution in [3.63, 3.8) is 0 Å². The van der Waals surface area contributed by atoms with Gasteiger partial charge >= 0.3 is 5.97 Å². The van der Waals surface area contributed by atoms with Gasteiger partial charge in [-0.05, 0) is 30.2 Å². The van der Waals surface area contributed by atoms with E-state index >= 15 is 0 Å². The lowest BCUT2D eigenvalue weighted by Crippen LogP contribution is -2.37. The SMILES string of the molecule is COC(=O)[C@H](CO)Nc1c(C(=O)CCc2ccc(F)cc2F)c(=O)n(O)c2ncccc12. The van der Waals surface area contributed by atoms with Crippen molar-refractivity contribution in [2.24, 2.45) is 0 Å². The predicted octanol–water partition coefficient (Wildman–Crippen LogP) is 1.67. The van der Waals surface area contributed by atoms with Gasteiger partial charge in [0, 0.05) is 24.1 Å². The van der Waals surface area contributed by atoms with Gasteiger partial charge in [-0.1, -0.05) is 6.07 Å². The van der Waals surface area contributed by atoms with E-state index in [2.05, 4.69) is 15.0 Å². The number of methoxy groups -OCH3 is 1. The number of halogens is 2. The number of fused-ring (bicyclic) bond motifs is 1. The average Bonchev–Trinajstić information content (AvgIpc) is 2.79. The summed E-state index contributed by atoms with van der Waals surface area (Å²) >= 11 is 0. The Morgan fingerprint density at radius 1 is 1.28 bits per heavy atom. The highest BCUT2D eigenvalue weighted by atomic mass is 19.1. The molecule has 0 aliphatic rings. The molecule has 0 saturated carbocycles. The van der Waals surface area contributed by atoms with Crippen LogP contribution in [-0.2, 0) is 16.0 Å². The summed E-state index contributed by atoms with van der Waals surface area (Å²) in [6.07, 6.45) is 0.794. The zero-order valence-corrected chi connectivity index (χ0v) is 16.8. The van der Waals surface area contributed by atoms with E-state index in [1.54, 1.807) is 0 Å². The number of hydrogen-bond donors (Lipinski definition) is 3. The number of rotatable bonds is 8. The minimum Gasteiger partial charge on any atom is -0.467 e. The number of ketones is 1. The van der Waals surface area contributed by atoms with Gasteiger partial charge in [0.15, 0.2) is 11.4 Å². The van der Waals surface area contributed by atoms with Crippen molar-refractivity contribution in [2.45, 2.75) is 18.9 Å². The van der Waals surface area contributed by atoms with Crippen molar-refractivity contribution in [1.82, 2.24) is 9.71 Å². The maximum Gasteiger partial charge on any atom is 0.330 e. The van der Waals surface area contributed by atoms with Crippen LogP contribution in [0.4, 0.5) is 14.5 Å². The number of aryl methyl sites for hydroxylation is 1. The van der Waals surface area contributed by atoms with Crippen LogP contribution in [0.15, 0.2) is 41.3 Å². The molecule has 9 nitrogen and oxygen atoms in total. The van der Waals surface area contributed by atoms with E-state index in [1.807, 2.05) is 0 Å². The number of benzene rings is 1. The molecule has 32 heavy (non-hydrogen) atoms. The molecule has 3 aromatic rings. The van der Waals surface area contributed by atoms with E-state index in [9.17, 15) is 33.5 Å². The van der Waals surface area contributed by atoms with Gasteiger partial charge in [0.25, 0.3) is 5.56 Å². The molecule has 168 valence electrons. The summed E-state index contributed by atoms with van der Waals surface area (Å²) in [7, 11) is 1.10. The molecule has 0 saturated heterocycles. The fourth-order valence-electron chi connectivity index (χ4n) is 3.21. The van der Waals surface area contributed by atoms with Crippen LogP contribution in [0, 0.1) is 11.6 Å². The number of esters is 1. The quantitative estimate of drug-likeness (QED) is 0.270. The third kappa shape index (κ3) is 4.42. The van der Waals surface area contributed by atoms with Gasteiger partial charge in [0.1, 0.15) is 23.2 Å². The number of aliphatic hydroxyl groups excluding tert-OH is 1. The number of nitrogens with zero attached hydrogens (tertiary/aromatic N) is 2. The number of anilines is 1. The van der Waals surface area contributed by atoms with Crippen LogP contribution in [0.5, 0.6) is 0 Å². The number of carbonyl (C=O) groups is 2. The Labute approximate surface area is 179 Å². The molecule has 0 spiro atoms. The number of carbonyl (C=O) groups excluding carboxylic acids is 2. The Kier molecular flexibility index (Phi) is 6.79. The predicted molar refractivity (Wildman–Crippen MR) is 109 cm³/mol. The van der Waals surface area contributed by atoms with Gasteiger partial charge in [-0.2, -0.15) is 0 Å². The number of aromatic nitrogens is 2. The van der Waals surface area contributed by atoms with Gasteiger partial charge in [0.05, 0.1) is 19.4 Å². The molecule has 0 bridgehead atoms. The second-order valence-electron chi connectivity index (χ2n) is 6.80. The van der Waals surface area contributed by atoms with E-state index in [4.69, 9.17) is 0 Å². The number of ether oxygens (including phenoxy) is 1. The highest BCUT2D eigenvalue weighted by Gasteiger charge is 2.27. The summed E-state index contributed by atoms with van der Waals surface area (Å²) < 4.78 is 31.8. The maximum absolute atomic E-state index is 13.9. The van der Waals surface area contributed by atoms with Crippen molar-refractivity contribution in [3.05, 3.63) is 69.6 Å².